The molecule has 26 heavy (non-hydrogen) atoms. The quantitative estimate of drug-likeness (QED) is 0.703. The monoisotopic (exact) mass is 410 g/mol. The van der Waals surface area contributed by atoms with Gasteiger partial charge in [0.1, 0.15) is 5.71 Å². The van der Waals surface area contributed by atoms with E-state index in [9.17, 15) is 9.59 Å². The Hall–Kier alpha value is -2.93. The number of hydrogen-bond acceptors (Lipinski definition) is 3. The van der Waals surface area contributed by atoms with Crippen LogP contribution in [0.15, 0.2) is 62.8 Å². The van der Waals surface area contributed by atoms with Crippen LogP contribution < -0.4 is 10.9 Å². The molecule has 0 saturated carbocycles. The van der Waals surface area contributed by atoms with Crippen molar-refractivity contribution in [3.05, 3.63) is 74.6 Å². The van der Waals surface area contributed by atoms with Crippen LogP contribution in [-0.2, 0) is 11.8 Å². The summed E-state index contributed by atoms with van der Waals surface area (Å²) in [5.74, 6) is -0.313. The molecule has 0 fully saturated rings. The SMILES string of the molecule is Cc1c(N=C2C(=O)Nc3ccc(Br)cc32)c(=O)n(-c2ccccc2)n1C. The van der Waals surface area contributed by atoms with E-state index in [0.29, 0.717) is 16.9 Å². The van der Waals surface area contributed by atoms with Crippen LogP contribution in [0, 0.1) is 6.92 Å². The van der Waals surface area contributed by atoms with Crippen LogP contribution in [-0.4, -0.2) is 21.0 Å². The summed E-state index contributed by atoms with van der Waals surface area (Å²) in [6, 6.07) is 14.8. The highest BCUT2D eigenvalue weighted by Gasteiger charge is 2.27. The van der Waals surface area contributed by atoms with Crippen LogP contribution in [0.25, 0.3) is 5.69 Å². The Morgan fingerprint density at radius 2 is 1.81 bits per heavy atom. The van der Waals surface area contributed by atoms with Crippen molar-refractivity contribution in [2.24, 2.45) is 12.0 Å². The second-order valence-electron chi connectivity index (χ2n) is 6.01. The number of hydrogen-bond donors (Lipinski definition) is 1. The summed E-state index contributed by atoms with van der Waals surface area (Å²) in [4.78, 5) is 29.8. The highest BCUT2D eigenvalue weighted by Crippen LogP contribution is 2.28. The van der Waals surface area contributed by atoms with Gasteiger partial charge < -0.3 is 5.32 Å². The van der Waals surface area contributed by atoms with E-state index in [0.717, 1.165) is 10.2 Å². The van der Waals surface area contributed by atoms with Gasteiger partial charge in [-0.05, 0) is 37.3 Å². The number of anilines is 1. The number of para-hydroxylation sites is 1. The Morgan fingerprint density at radius 3 is 2.54 bits per heavy atom. The van der Waals surface area contributed by atoms with Crippen molar-refractivity contribution in [3.8, 4) is 5.69 Å². The first kappa shape index (κ1) is 16.5. The number of rotatable bonds is 2. The molecular weight excluding hydrogens is 396 g/mol. The minimum atomic E-state index is -0.313. The van der Waals surface area contributed by atoms with Gasteiger partial charge in [-0.15, -0.1) is 0 Å². The smallest absolute Gasteiger partial charge is 0.297 e. The lowest BCUT2D eigenvalue weighted by Crippen LogP contribution is -2.20. The fourth-order valence-electron chi connectivity index (χ4n) is 3.03. The molecule has 0 bridgehead atoms. The van der Waals surface area contributed by atoms with Gasteiger partial charge in [-0.25, -0.2) is 9.67 Å². The molecule has 1 N–H and O–H groups in total. The van der Waals surface area contributed by atoms with E-state index in [1.807, 2.05) is 49.4 Å². The molecule has 0 unspecified atom stereocenters. The molecule has 6 nitrogen and oxygen atoms in total. The zero-order chi connectivity index (χ0) is 18.4. The molecule has 4 rings (SSSR count). The number of aromatic nitrogens is 2. The van der Waals surface area contributed by atoms with E-state index in [2.05, 4.69) is 26.2 Å². The molecule has 0 atom stereocenters. The summed E-state index contributed by atoms with van der Waals surface area (Å²) in [6.07, 6.45) is 0. The maximum Gasteiger partial charge on any atom is 0.297 e. The number of carbonyl (C=O) groups is 1. The van der Waals surface area contributed by atoms with Crippen molar-refractivity contribution >= 4 is 38.9 Å². The van der Waals surface area contributed by atoms with Gasteiger partial charge in [0.25, 0.3) is 11.5 Å². The average molecular weight is 411 g/mol. The Labute approximate surface area is 157 Å². The van der Waals surface area contributed by atoms with Crippen molar-refractivity contribution < 1.29 is 4.79 Å². The lowest BCUT2D eigenvalue weighted by Gasteiger charge is -2.07. The maximum absolute atomic E-state index is 13.0. The standard InChI is InChI=1S/C19H15BrN4O2/c1-11-16(19(26)24(23(11)2)13-6-4-3-5-7-13)22-17-14-10-12(20)8-9-15(14)21-18(17)25/h3-10H,1-2H3,(H,21,22,25). The third-order valence-electron chi connectivity index (χ3n) is 4.45. The lowest BCUT2D eigenvalue weighted by molar-refractivity contribution is -0.110. The van der Waals surface area contributed by atoms with Crippen molar-refractivity contribution in [2.75, 3.05) is 5.32 Å². The van der Waals surface area contributed by atoms with Crippen LogP contribution in [0.1, 0.15) is 11.3 Å². The fraction of sp³-hybridized carbons (Fsp3) is 0.105. The molecule has 7 heteroatoms. The van der Waals surface area contributed by atoms with Gasteiger partial charge in [0.05, 0.1) is 17.1 Å². The first-order valence-electron chi connectivity index (χ1n) is 8.01. The number of benzene rings is 2. The fourth-order valence-corrected chi connectivity index (χ4v) is 3.39. The van der Waals surface area contributed by atoms with Crippen molar-refractivity contribution in [1.82, 2.24) is 9.36 Å². The summed E-state index contributed by atoms with van der Waals surface area (Å²) in [6.45, 7) is 1.81. The van der Waals surface area contributed by atoms with E-state index in [1.54, 1.807) is 22.5 Å². The molecule has 1 aromatic heterocycles. The highest BCUT2D eigenvalue weighted by molar-refractivity contribution is 9.10. The van der Waals surface area contributed by atoms with Crippen LogP contribution in [0.2, 0.25) is 0 Å². The van der Waals surface area contributed by atoms with Gasteiger partial charge >= 0.3 is 0 Å². The molecule has 1 aliphatic heterocycles. The van der Waals surface area contributed by atoms with Gasteiger partial charge in [0.2, 0.25) is 0 Å². The predicted molar refractivity (Wildman–Crippen MR) is 105 cm³/mol. The molecular formula is C19H15BrN4O2. The molecule has 0 aliphatic carbocycles. The zero-order valence-electron chi connectivity index (χ0n) is 14.2. The van der Waals surface area contributed by atoms with E-state index in [4.69, 9.17) is 0 Å². The summed E-state index contributed by atoms with van der Waals surface area (Å²) in [7, 11) is 1.80. The average Bonchev–Trinajstić information content (AvgIpc) is 3.04. The minimum absolute atomic E-state index is 0.243. The van der Waals surface area contributed by atoms with Gasteiger partial charge in [-0.3, -0.25) is 14.3 Å². The summed E-state index contributed by atoms with van der Waals surface area (Å²) in [5.41, 5.74) is 3.03. The number of amides is 1. The molecule has 2 heterocycles. The van der Waals surface area contributed by atoms with Crippen molar-refractivity contribution in [1.29, 1.82) is 0 Å². The molecule has 0 radical (unpaired) electrons. The number of halogens is 1. The van der Waals surface area contributed by atoms with Crippen molar-refractivity contribution in [2.45, 2.75) is 6.92 Å². The van der Waals surface area contributed by atoms with Crippen LogP contribution in [0.5, 0.6) is 0 Å². The van der Waals surface area contributed by atoms with Gasteiger partial charge in [-0.1, -0.05) is 34.1 Å². The van der Waals surface area contributed by atoms with Crippen LogP contribution in [0.4, 0.5) is 11.4 Å². The second kappa shape index (κ2) is 6.10. The third kappa shape index (κ3) is 2.52. The van der Waals surface area contributed by atoms with E-state index >= 15 is 0 Å². The first-order chi connectivity index (χ1) is 12.5. The first-order valence-corrected chi connectivity index (χ1v) is 8.80. The van der Waals surface area contributed by atoms with E-state index < -0.39 is 0 Å². The number of aliphatic imine (C=N–C) groups is 1. The molecule has 3 aromatic rings. The van der Waals surface area contributed by atoms with E-state index in [1.165, 1.54) is 0 Å². The van der Waals surface area contributed by atoms with Crippen LogP contribution in [0.3, 0.4) is 0 Å². The number of nitrogens with zero attached hydrogens (tertiary/aromatic N) is 3. The van der Waals surface area contributed by atoms with Crippen molar-refractivity contribution in [3.63, 3.8) is 0 Å². The topological polar surface area (TPSA) is 68.4 Å². The number of carbonyl (C=O) groups excluding carboxylic acids is 1. The Balaban J connectivity index is 1.92. The Morgan fingerprint density at radius 1 is 1.08 bits per heavy atom. The Bertz CT molecular complexity index is 1130. The molecule has 0 saturated heterocycles. The van der Waals surface area contributed by atoms with Gasteiger partial charge in [0.15, 0.2) is 5.69 Å². The normalized spacial score (nSPS) is 14.6. The van der Waals surface area contributed by atoms with Crippen LogP contribution >= 0.6 is 15.9 Å². The largest absolute Gasteiger partial charge is 0.320 e. The predicted octanol–water partition coefficient (Wildman–Crippen LogP) is 3.32. The molecule has 0 spiro atoms. The molecule has 130 valence electrons. The number of fused-ring (bicyclic) bond motifs is 1. The van der Waals surface area contributed by atoms with E-state index in [-0.39, 0.29) is 22.9 Å². The third-order valence-corrected chi connectivity index (χ3v) is 4.94. The number of nitrogens with one attached hydrogen (secondary N) is 1. The highest BCUT2D eigenvalue weighted by atomic mass is 79.9. The molecule has 2 aromatic carbocycles. The summed E-state index contributed by atoms with van der Waals surface area (Å²) < 4.78 is 4.13. The second-order valence-corrected chi connectivity index (χ2v) is 6.93. The Kier molecular flexibility index (Phi) is 3.88. The molecule has 1 aliphatic rings. The minimum Gasteiger partial charge on any atom is -0.320 e. The summed E-state index contributed by atoms with van der Waals surface area (Å²) >= 11 is 3.41. The summed E-state index contributed by atoms with van der Waals surface area (Å²) in [5, 5.41) is 2.78. The molecule has 1 amide bonds. The zero-order valence-corrected chi connectivity index (χ0v) is 15.7. The lowest BCUT2D eigenvalue weighted by atomic mass is 10.1. The van der Waals surface area contributed by atoms with Gasteiger partial charge in [-0.2, -0.15) is 0 Å². The van der Waals surface area contributed by atoms with Gasteiger partial charge in [0, 0.05) is 17.1 Å². The maximum atomic E-state index is 13.0.